The lowest BCUT2D eigenvalue weighted by Gasteiger charge is -2.12. The minimum atomic E-state index is -0.223. The molecule has 0 spiro atoms. The highest BCUT2D eigenvalue weighted by molar-refractivity contribution is 6.13. The summed E-state index contributed by atoms with van der Waals surface area (Å²) in [6.45, 7) is 6.63. The number of amides is 1. The number of nitrogens with zero attached hydrogens (tertiary/aromatic N) is 3. The van der Waals surface area contributed by atoms with Crippen molar-refractivity contribution >= 4 is 22.6 Å². The molecule has 0 saturated heterocycles. The molecule has 4 aromatic rings. The predicted molar refractivity (Wildman–Crippen MR) is 119 cm³/mol. The van der Waals surface area contributed by atoms with E-state index in [2.05, 4.69) is 10.4 Å². The molecular formula is C24H24N4O2. The Morgan fingerprint density at radius 2 is 1.83 bits per heavy atom. The van der Waals surface area contributed by atoms with Crippen molar-refractivity contribution in [2.75, 3.05) is 12.4 Å². The molecule has 1 N–H and O–H groups in total. The van der Waals surface area contributed by atoms with Crippen molar-refractivity contribution in [1.82, 2.24) is 14.8 Å². The molecule has 2 aromatic carbocycles. The number of aromatic nitrogens is 3. The monoisotopic (exact) mass is 400 g/mol. The van der Waals surface area contributed by atoms with Crippen molar-refractivity contribution in [3.63, 3.8) is 0 Å². The highest BCUT2D eigenvalue weighted by atomic mass is 16.5. The van der Waals surface area contributed by atoms with Crippen LogP contribution in [0.1, 0.15) is 28.5 Å². The maximum atomic E-state index is 13.4. The zero-order valence-corrected chi connectivity index (χ0v) is 17.6. The second kappa shape index (κ2) is 7.99. The summed E-state index contributed by atoms with van der Waals surface area (Å²) in [6, 6.07) is 17.3. The molecule has 1 amide bonds. The number of nitrogens with one attached hydrogen (secondary N) is 1. The number of hydrogen-bond acceptors (Lipinski definition) is 4. The number of hydrogen-bond donors (Lipinski definition) is 1. The van der Waals surface area contributed by atoms with Gasteiger partial charge >= 0.3 is 0 Å². The molecule has 2 aromatic heterocycles. The molecule has 0 radical (unpaired) electrons. The molecule has 6 heteroatoms. The summed E-state index contributed by atoms with van der Waals surface area (Å²) < 4.78 is 7.21. The summed E-state index contributed by atoms with van der Waals surface area (Å²) in [5, 5.41) is 8.34. The second-order valence-corrected chi connectivity index (χ2v) is 7.18. The summed E-state index contributed by atoms with van der Waals surface area (Å²) in [5.74, 6) is 0.384. The van der Waals surface area contributed by atoms with Crippen molar-refractivity contribution in [3.8, 4) is 17.0 Å². The van der Waals surface area contributed by atoms with Crippen molar-refractivity contribution in [2.24, 2.45) is 0 Å². The molecule has 4 rings (SSSR count). The van der Waals surface area contributed by atoms with Crippen LogP contribution in [0.5, 0.6) is 5.75 Å². The molecule has 6 nitrogen and oxygen atoms in total. The first-order chi connectivity index (χ1) is 14.5. The van der Waals surface area contributed by atoms with Gasteiger partial charge in [-0.1, -0.05) is 42.0 Å². The molecule has 30 heavy (non-hydrogen) atoms. The van der Waals surface area contributed by atoms with Gasteiger partial charge in [0.15, 0.2) is 5.65 Å². The summed E-state index contributed by atoms with van der Waals surface area (Å²) in [5.41, 5.74) is 5.50. The van der Waals surface area contributed by atoms with E-state index in [0.717, 1.165) is 22.3 Å². The fraction of sp³-hybridized carbons (Fsp3) is 0.208. The fourth-order valence-electron chi connectivity index (χ4n) is 3.56. The first kappa shape index (κ1) is 19.6. The van der Waals surface area contributed by atoms with Gasteiger partial charge in [-0.3, -0.25) is 4.79 Å². The molecule has 0 aliphatic rings. The van der Waals surface area contributed by atoms with E-state index in [1.54, 1.807) is 7.11 Å². The molecule has 152 valence electrons. The number of benzene rings is 2. The third kappa shape index (κ3) is 3.52. The van der Waals surface area contributed by atoms with Crippen LogP contribution in [0.3, 0.4) is 0 Å². The minimum absolute atomic E-state index is 0.223. The number of pyridine rings is 1. The van der Waals surface area contributed by atoms with Gasteiger partial charge in [-0.25, -0.2) is 9.67 Å². The average Bonchev–Trinajstić information content (AvgIpc) is 3.09. The van der Waals surface area contributed by atoms with Crippen LogP contribution >= 0.6 is 0 Å². The number of carbonyl (C=O) groups excluding carboxylic acids is 1. The summed E-state index contributed by atoms with van der Waals surface area (Å²) in [4.78, 5) is 18.2. The zero-order chi connectivity index (χ0) is 21.3. The van der Waals surface area contributed by atoms with E-state index >= 15 is 0 Å². The third-order valence-electron chi connectivity index (χ3n) is 5.12. The molecule has 0 aliphatic carbocycles. The number of aryl methyl sites for hydroxylation is 3. The van der Waals surface area contributed by atoms with Crippen LogP contribution < -0.4 is 10.1 Å². The van der Waals surface area contributed by atoms with Gasteiger partial charge in [-0.15, -0.1) is 0 Å². The van der Waals surface area contributed by atoms with E-state index in [-0.39, 0.29) is 5.91 Å². The van der Waals surface area contributed by atoms with Crippen LogP contribution in [0.4, 0.5) is 5.69 Å². The quantitative estimate of drug-likeness (QED) is 0.512. The number of anilines is 1. The van der Waals surface area contributed by atoms with Crippen LogP contribution in [0.15, 0.2) is 54.6 Å². The van der Waals surface area contributed by atoms with Crippen molar-refractivity contribution in [1.29, 1.82) is 0 Å². The van der Waals surface area contributed by atoms with E-state index in [9.17, 15) is 4.79 Å². The Bertz CT molecular complexity index is 1230. The van der Waals surface area contributed by atoms with E-state index < -0.39 is 0 Å². The van der Waals surface area contributed by atoms with Gasteiger partial charge in [0.05, 0.1) is 35.1 Å². The van der Waals surface area contributed by atoms with Gasteiger partial charge in [-0.05, 0) is 39.0 Å². The van der Waals surface area contributed by atoms with Gasteiger partial charge < -0.3 is 10.1 Å². The van der Waals surface area contributed by atoms with Gasteiger partial charge in [0.25, 0.3) is 5.91 Å². The van der Waals surface area contributed by atoms with Crippen LogP contribution in [0, 0.1) is 13.8 Å². The molecule has 0 unspecified atom stereocenters. The topological polar surface area (TPSA) is 69.0 Å². The number of ether oxygens (including phenoxy) is 1. The average molecular weight is 400 g/mol. The highest BCUT2D eigenvalue weighted by Crippen LogP contribution is 2.29. The van der Waals surface area contributed by atoms with Crippen LogP contribution in [0.25, 0.3) is 22.3 Å². The van der Waals surface area contributed by atoms with Crippen molar-refractivity contribution < 1.29 is 9.53 Å². The Morgan fingerprint density at radius 1 is 1.10 bits per heavy atom. The minimum Gasteiger partial charge on any atom is -0.495 e. The third-order valence-corrected chi connectivity index (χ3v) is 5.12. The normalized spacial score (nSPS) is 10.9. The zero-order valence-electron chi connectivity index (χ0n) is 17.6. The maximum Gasteiger partial charge on any atom is 0.256 e. The van der Waals surface area contributed by atoms with E-state index in [4.69, 9.17) is 9.72 Å². The first-order valence-corrected chi connectivity index (χ1v) is 9.91. The fourth-order valence-corrected chi connectivity index (χ4v) is 3.56. The number of methoxy groups -OCH3 is 1. The van der Waals surface area contributed by atoms with Crippen LogP contribution in [0.2, 0.25) is 0 Å². The summed E-state index contributed by atoms with van der Waals surface area (Å²) in [6.07, 6.45) is 0. The van der Waals surface area contributed by atoms with Gasteiger partial charge in [0.2, 0.25) is 0 Å². The van der Waals surface area contributed by atoms with E-state index in [0.29, 0.717) is 29.2 Å². The predicted octanol–water partition coefficient (Wildman–Crippen LogP) is 5.00. The standard InChI is InChI=1S/C24H24N4O2/c1-5-28-23-22(16(3)27-28)18(14-20(25-23)17-12-10-15(2)11-13-17)24(29)26-19-8-6-7-9-21(19)30-4/h6-14H,5H2,1-4H3,(H,26,29). The first-order valence-electron chi connectivity index (χ1n) is 9.91. The molecule has 0 saturated carbocycles. The van der Waals surface area contributed by atoms with Gasteiger partial charge in [0.1, 0.15) is 5.75 Å². The summed E-state index contributed by atoms with van der Waals surface area (Å²) >= 11 is 0. The largest absolute Gasteiger partial charge is 0.495 e. The molecular weight excluding hydrogens is 376 g/mol. The SMILES string of the molecule is CCn1nc(C)c2c(C(=O)Nc3ccccc3OC)cc(-c3ccc(C)cc3)nc21. The van der Waals surface area contributed by atoms with Crippen LogP contribution in [-0.2, 0) is 6.54 Å². The smallest absolute Gasteiger partial charge is 0.256 e. The van der Waals surface area contributed by atoms with Crippen molar-refractivity contribution in [3.05, 3.63) is 71.4 Å². The lowest BCUT2D eigenvalue weighted by Crippen LogP contribution is -2.14. The highest BCUT2D eigenvalue weighted by Gasteiger charge is 2.20. The lowest BCUT2D eigenvalue weighted by atomic mass is 10.0. The Labute approximate surface area is 175 Å². The Kier molecular flexibility index (Phi) is 5.23. The Balaban J connectivity index is 1.87. The second-order valence-electron chi connectivity index (χ2n) is 7.18. The molecule has 0 atom stereocenters. The lowest BCUT2D eigenvalue weighted by molar-refractivity contribution is 0.102. The van der Waals surface area contributed by atoms with E-state index in [1.165, 1.54) is 5.56 Å². The van der Waals surface area contributed by atoms with Crippen LogP contribution in [-0.4, -0.2) is 27.8 Å². The number of carbonyl (C=O) groups is 1. The molecule has 0 bridgehead atoms. The van der Waals surface area contributed by atoms with Gasteiger partial charge in [-0.2, -0.15) is 5.10 Å². The number of para-hydroxylation sites is 2. The molecule has 2 heterocycles. The number of fused-ring (bicyclic) bond motifs is 1. The Hall–Kier alpha value is -3.67. The van der Waals surface area contributed by atoms with Gasteiger partial charge in [0, 0.05) is 12.1 Å². The summed E-state index contributed by atoms with van der Waals surface area (Å²) in [7, 11) is 1.58. The number of rotatable bonds is 5. The molecule has 0 fully saturated rings. The van der Waals surface area contributed by atoms with Crippen molar-refractivity contribution in [2.45, 2.75) is 27.3 Å². The molecule has 0 aliphatic heterocycles. The Morgan fingerprint density at radius 3 is 2.53 bits per heavy atom. The van der Waals surface area contributed by atoms with E-state index in [1.807, 2.05) is 80.1 Å². The maximum absolute atomic E-state index is 13.4.